The van der Waals surface area contributed by atoms with Gasteiger partial charge in [-0.15, -0.1) is 0 Å². The van der Waals surface area contributed by atoms with Crippen molar-refractivity contribution in [3.8, 4) is 0 Å². The Balaban J connectivity index is 1.64. The largest absolute Gasteiger partial charge is 0.364 e. The van der Waals surface area contributed by atoms with E-state index in [-0.39, 0.29) is 17.1 Å². The molecule has 26 heavy (non-hydrogen) atoms. The van der Waals surface area contributed by atoms with E-state index in [1.807, 2.05) is 36.4 Å². The average Bonchev–Trinajstić information content (AvgIpc) is 3.10. The van der Waals surface area contributed by atoms with Crippen LogP contribution in [0.15, 0.2) is 83.9 Å². The van der Waals surface area contributed by atoms with Crippen LogP contribution in [-0.4, -0.2) is 5.84 Å². The lowest BCUT2D eigenvalue weighted by Gasteiger charge is -2.19. The van der Waals surface area contributed by atoms with Crippen molar-refractivity contribution in [3.05, 3.63) is 106 Å². The predicted octanol–water partition coefficient (Wildman–Crippen LogP) is 5.51. The fourth-order valence-corrected chi connectivity index (χ4v) is 3.52. The van der Waals surface area contributed by atoms with E-state index >= 15 is 0 Å². The number of nitrogens with zero attached hydrogens (tertiary/aromatic N) is 1. The third-order valence-corrected chi connectivity index (χ3v) is 4.88. The number of rotatable bonds is 4. The molecule has 0 saturated carbocycles. The highest BCUT2D eigenvalue weighted by atomic mass is 35.5. The maximum absolute atomic E-state index is 13.4. The van der Waals surface area contributed by atoms with Crippen molar-refractivity contribution in [3.63, 3.8) is 0 Å². The normalized spacial score (nSPS) is 19.1. The number of hydrogen-bond donors (Lipinski definition) is 1. The molecule has 4 heteroatoms. The van der Waals surface area contributed by atoms with E-state index in [4.69, 9.17) is 16.6 Å². The Bertz CT molecular complexity index is 925. The first-order chi connectivity index (χ1) is 12.7. The molecule has 0 aromatic heterocycles. The van der Waals surface area contributed by atoms with Crippen LogP contribution in [0.1, 0.15) is 28.8 Å². The Kier molecular flexibility index (Phi) is 4.72. The first kappa shape index (κ1) is 16.8. The van der Waals surface area contributed by atoms with Crippen molar-refractivity contribution < 1.29 is 4.39 Å². The van der Waals surface area contributed by atoms with Gasteiger partial charge in [0.15, 0.2) is 0 Å². The van der Waals surface area contributed by atoms with E-state index in [1.54, 1.807) is 12.1 Å². The fraction of sp³-hybridized carbons (Fsp3) is 0.136. The van der Waals surface area contributed by atoms with Crippen LogP contribution in [-0.2, 0) is 6.42 Å². The topological polar surface area (TPSA) is 24.4 Å². The molecule has 1 heterocycles. The molecule has 0 amide bonds. The zero-order valence-corrected chi connectivity index (χ0v) is 14.8. The molecule has 3 aromatic carbocycles. The van der Waals surface area contributed by atoms with E-state index in [0.29, 0.717) is 6.42 Å². The van der Waals surface area contributed by atoms with Gasteiger partial charge in [0.2, 0.25) is 0 Å². The zero-order valence-electron chi connectivity index (χ0n) is 14.1. The lowest BCUT2D eigenvalue weighted by atomic mass is 9.95. The smallest absolute Gasteiger partial charge is 0.141 e. The molecule has 130 valence electrons. The molecule has 0 bridgehead atoms. The molecular weight excluding hydrogens is 347 g/mol. The lowest BCUT2D eigenvalue weighted by Crippen LogP contribution is -2.25. The number of nitrogens with one attached hydrogen (secondary N) is 1. The molecule has 0 saturated heterocycles. The molecule has 4 rings (SSSR count). The second kappa shape index (κ2) is 7.30. The van der Waals surface area contributed by atoms with Crippen LogP contribution in [0.5, 0.6) is 0 Å². The Morgan fingerprint density at radius 1 is 0.885 bits per heavy atom. The Hall–Kier alpha value is -2.65. The first-order valence-corrected chi connectivity index (χ1v) is 8.95. The third-order valence-electron chi connectivity index (χ3n) is 4.59. The van der Waals surface area contributed by atoms with E-state index < -0.39 is 5.82 Å². The Morgan fingerprint density at radius 3 is 2.19 bits per heavy atom. The van der Waals surface area contributed by atoms with E-state index in [9.17, 15) is 4.39 Å². The zero-order chi connectivity index (χ0) is 17.9. The summed E-state index contributed by atoms with van der Waals surface area (Å²) in [6.07, 6.45) is 0.590. The van der Waals surface area contributed by atoms with Gasteiger partial charge >= 0.3 is 0 Å². The highest BCUT2D eigenvalue weighted by Crippen LogP contribution is 2.36. The Morgan fingerprint density at radius 2 is 1.54 bits per heavy atom. The van der Waals surface area contributed by atoms with Gasteiger partial charge in [-0.25, -0.2) is 4.39 Å². The molecule has 2 nitrogen and oxygen atoms in total. The van der Waals surface area contributed by atoms with Gasteiger partial charge < -0.3 is 5.32 Å². The minimum atomic E-state index is -0.402. The van der Waals surface area contributed by atoms with Crippen molar-refractivity contribution in [1.29, 1.82) is 0 Å². The number of benzene rings is 3. The maximum atomic E-state index is 13.4. The molecule has 0 radical (unpaired) electrons. The van der Waals surface area contributed by atoms with Gasteiger partial charge in [0.05, 0.1) is 11.1 Å². The van der Waals surface area contributed by atoms with Gasteiger partial charge in [0, 0.05) is 6.42 Å². The van der Waals surface area contributed by atoms with E-state index in [1.165, 1.54) is 17.2 Å². The summed E-state index contributed by atoms with van der Waals surface area (Å²) in [5.74, 6) is 0.483. The van der Waals surface area contributed by atoms with Gasteiger partial charge in [-0.2, -0.15) is 0 Å². The lowest BCUT2D eigenvalue weighted by molar-refractivity contribution is 0.572. The van der Waals surface area contributed by atoms with Crippen LogP contribution in [0.3, 0.4) is 0 Å². The van der Waals surface area contributed by atoms with Crippen molar-refractivity contribution in [1.82, 2.24) is 5.32 Å². The van der Waals surface area contributed by atoms with Gasteiger partial charge in [0.1, 0.15) is 17.7 Å². The highest BCUT2D eigenvalue weighted by Gasteiger charge is 2.30. The number of amidine groups is 1. The summed E-state index contributed by atoms with van der Waals surface area (Å²) >= 11 is 5.91. The molecule has 3 aromatic rings. The van der Waals surface area contributed by atoms with Crippen LogP contribution < -0.4 is 5.32 Å². The summed E-state index contributed by atoms with van der Waals surface area (Å²) in [4.78, 5) is 4.93. The molecule has 0 aliphatic carbocycles. The molecule has 1 aliphatic heterocycles. The summed E-state index contributed by atoms with van der Waals surface area (Å²) in [5, 5.41) is 3.69. The van der Waals surface area contributed by atoms with Crippen LogP contribution in [0.25, 0.3) is 0 Å². The monoisotopic (exact) mass is 364 g/mol. The Labute approximate surface area is 157 Å². The van der Waals surface area contributed by atoms with Gasteiger partial charge in [-0.05, 0) is 28.8 Å². The maximum Gasteiger partial charge on any atom is 0.141 e. The second-order valence-electron chi connectivity index (χ2n) is 6.39. The summed E-state index contributed by atoms with van der Waals surface area (Å²) < 4.78 is 13.4. The van der Waals surface area contributed by atoms with Crippen molar-refractivity contribution in [2.75, 3.05) is 0 Å². The molecule has 1 N–H and O–H groups in total. The fourth-order valence-electron chi connectivity index (χ4n) is 3.32. The molecule has 0 fully saturated rings. The van der Waals surface area contributed by atoms with Crippen molar-refractivity contribution in [2.45, 2.75) is 18.5 Å². The van der Waals surface area contributed by atoms with E-state index in [2.05, 4.69) is 29.6 Å². The molecule has 0 spiro atoms. The van der Waals surface area contributed by atoms with E-state index in [0.717, 1.165) is 11.4 Å². The van der Waals surface area contributed by atoms with Gasteiger partial charge in [-0.3, -0.25) is 4.99 Å². The summed E-state index contributed by atoms with van der Waals surface area (Å²) in [6.45, 7) is 0. The highest BCUT2D eigenvalue weighted by molar-refractivity contribution is 6.30. The minimum Gasteiger partial charge on any atom is -0.364 e. The molecular formula is C22H18ClFN2. The SMILES string of the molecule is Fc1ccc(CC2=NC(c3ccccc3)C(c3ccccc3)N2)cc1Cl. The van der Waals surface area contributed by atoms with Crippen LogP contribution >= 0.6 is 11.6 Å². The van der Waals surface area contributed by atoms with Crippen LogP contribution in [0.4, 0.5) is 4.39 Å². The molecule has 1 aliphatic rings. The predicted molar refractivity (Wildman–Crippen MR) is 104 cm³/mol. The number of hydrogen-bond acceptors (Lipinski definition) is 2. The molecule has 2 atom stereocenters. The van der Waals surface area contributed by atoms with Crippen molar-refractivity contribution >= 4 is 17.4 Å². The minimum absolute atomic E-state index is 0.00419. The quantitative estimate of drug-likeness (QED) is 0.649. The van der Waals surface area contributed by atoms with Crippen LogP contribution in [0, 0.1) is 5.82 Å². The van der Waals surface area contributed by atoms with Gasteiger partial charge in [0.25, 0.3) is 0 Å². The second-order valence-corrected chi connectivity index (χ2v) is 6.80. The summed E-state index contributed by atoms with van der Waals surface area (Å²) in [7, 11) is 0. The number of halogens is 2. The molecule has 2 unspecified atom stereocenters. The third kappa shape index (κ3) is 3.49. The van der Waals surface area contributed by atoms with Crippen molar-refractivity contribution in [2.24, 2.45) is 4.99 Å². The number of aliphatic imine (C=N–C) groups is 1. The standard InChI is InChI=1S/C22H18ClFN2/c23-18-13-15(11-12-19(18)24)14-20-25-21(16-7-3-1-4-8-16)22(26-20)17-9-5-2-6-10-17/h1-13,21-22H,14H2,(H,25,26). The van der Waals surface area contributed by atoms with Crippen LogP contribution in [0.2, 0.25) is 5.02 Å². The summed E-state index contributed by atoms with van der Waals surface area (Å²) in [5.41, 5.74) is 3.29. The van der Waals surface area contributed by atoms with Gasteiger partial charge in [-0.1, -0.05) is 78.3 Å². The average molecular weight is 365 g/mol. The summed E-state index contributed by atoms with van der Waals surface area (Å²) in [6, 6.07) is 25.5. The first-order valence-electron chi connectivity index (χ1n) is 8.58.